The Bertz CT molecular complexity index is 653. The molecule has 2 rings (SSSR count). The van der Waals surface area contributed by atoms with E-state index >= 15 is 0 Å². The highest BCUT2D eigenvalue weighted by molar-refractivity contribution is 5.97. The first-order chi connectivity index (χ1) is 11.9. The summed E-state index contributed by atoms with van der Waals surface area (Å²) in [5.74, 6) is -1.26. The molecule has 0 radical (unpaired) electrons. The van der Waals surface area contributed by atoms with Crippen molar-refractivity contribution in [3.8, 4) is 5.75 Å². The van der Waals surface area contributed by atoms with Gasteiger partial charge in [0.1, 0.15) is 11.3 Å². The minimum atomic E-state index is -1.17. The zero-order valence-corrected chi connectivity index (χ0v) is 14.6. The van der Waals surface area contributed by atoms with Crippen LogP contribution in [0.1, 0.15) is 42.5 Å². The van der Waals surface area contributed by atoms with E-state index in [0.717, 1.165) is 19.3 Å². The summed E-state index contributed by atoms with van der Waals surface area (Å²) in [6.07, 6.45) is 3.41. The van der Waals surface area contributed by atoms with Gasteiger partial charge in [-0.1, -0.05) is 25.3 Å². The van der Waals surface area contributed by atoms with Gasteiger partial charge in [-0.15, -0.1) is 0 Å². The molecule has 0 unspecified atom stereocenters. The predicted molar refractivity (Wildman–Crippen MR) is 91.5 cm³/mol. The normalized spacial score (nSPS) is 15.9. The van der Waals surface area contributed by atoms with Crippen molar-refractivity contribution in [1.29, 1.82) is 0 Å². The first kappa shape index (κ1) is 18.8. The number of amides is 2. The Morgan fingerprint density at radius 2 is 1.92 bits per heavy atom. The lowest BCUT2D eigenvalue weighted by molar-refractivity contribution is -0.159. The maximum Gasteiger partial charge on any atom is 0.329 e. The third-order valence-corrected chi connectivity index (χ3v) is 4.83. The van der Waals surface area contributed by atoms with E-state index in [1.165, 1.54) is 19.1 Å². The Morgan fingerprint density at radius 1 is 1.24 bits per heavy atom. The predicted octanol–water partition coefficient (Wildman–Crippen LogP) is 1.67. The second-order valence-electron chi connectivity index (χ2n) is 6.26. The number of nitrogens with zero attached hydrogens (tertiary/aromatic N) is 1. The van der Waals surface area contributed by atoms with Gasteiger partial charge in [-0.25, -0.2) is 4.79 Å². The van der Waals surface area contributed by atoms with Gasteiger partial charge in [0.2, 0.25) is 5.91 Å². The molecular weight excluding hydrogens is 324 g/mol. The van der Waals surface area contributed by atoms with E-state index in [1.54, 1.807) is 24.3 Å². The summed E-state index contributed by atoms with van der Waals surface area (Å²) in [5.41, 5.74) is -0.795. The van der Waals surface area contributed by atoms with Gasteiger partial charge in [-0.3, -0.25) is 9.59 Å². The Labute approximate surface area is 147 Å². The molecule has 136 valence electrons. The van der Waals surface area contributed by atoms with Crippen molar-refractivity contribution >= 4 is 17.8 Å². The van der Waals surface area contributed by atoms with Crippen molar-refractivity contribution < 1.29 is 24.2 Å². The number of nitrogens with one attached hydrogen (secondary N) is 1. The molecule has 1 aromatic carbocycles. The second-order valence-corrected chi connectivity index (χ2v) is 6.26. The van der Waals surface area contributed by atoms with Crippen LogP contribution < -0.4 is 10.1 Å². The Morgan fingerprint density at radius 3 is 2.52 bits per heavy atom. The fraction of sp³-hybridized carbons (Fsp3) is 0.500. The van der Waals surface area contributed by atoms with Crippen LogP contribution in [0, 0.1) is 0 Å². The number of carbonyl (C=O) groups excluding carboxylic acids is 2. The Kier molecular flexibility index (Phi) is 6.01. The SMILES string of the molecule is COc1cccc(C(=O)NCC(=O)N(C)C2(C(=O)O)CCCCC2)c1. The first-order valence-electron chi connectivity index (χ1n) is 8.33. The summed E-state index contributed by atoms with van der Waals surface area (Å²) >= 11 is 0. The summed E-state index contributed by atoms with van der Waals surface area (Å²) in [5, 5.41) is 12.2. The van der Waals surface area contributed by atoms with Crippen LogP contribution in [0.25, 0.3) is 0 Å². The molecule has 1 fully saturated rings. The lowest BCUT2D eigenvalue weighted by Gasteiger charge is -2.41. The van der Waals surface area contributed by atoms with Crippen LogP contribution in [0.3, 0.4) is 0 Å². The van der Waals surface area contributed by atoms with Gasteiger partial charge in [0, 0.05) is 12.6 Å². The van der Waals surface area contributed by atoms with E-state index in [0.29, 0.717) is 24.2 Å². The first-order valence-corrected chi connectivity index (χ1v) is 8.33. The molecule has 0 bridgehead atoms. The number of likely N-dealkylation sites (N-methyl/N-ethyl adjacent to an activating group) is 1. The maximum atomic E-state index is 12.4. The lowest BCUT2D eigenvalue weighted by atomic mass is 9.80. The highest BCUT2D eigenvalue weighted by atomic mass is 16.5. The molecule has 1 saturated carbocycles. The average Bonchev–Trinajstić information content (AvgIpc) is 2.65. The van der Waals surface area contributed by atoms with Crippen LogP contribution in [-0.4, -0.2) is 54.0 Å². The number of methoxy groups -OCH3 is 1. The van der Waals surface area contributed by atoms with E-state index < -0.39 is 23.3 Å². The van der Waals surface area contributed by atoms with Gasteiger partial charge in [0.25, 0.3) is 5.91 Å². The highest BCUT2D eigenvalue weighted by Gasteiger charge is 2.45. The fourth-order valence-corrected chi connectivity index (χ4v) is 3.21. The number of rotatable bonds is 6. The highest BCUT2D eigenvalue weighted by Crippen LogP contribution is 2.33. The van der Waals surface area contributed by atoms with Crippen LogP contribution in [0.5, 0.6) is 5.75 Å². The molecule has 1 aromatic rings. The molecular formula is C18H24N2O5. The van der Waals surface area contributed by atoms with Crippen LogP contribution in [0.4, 0.5) is 0 Å². The average molecular weight is 348 g/mol. The molecule has 0 heterocycles. The molecule has 0 aliphatic heterocycles. The largest absolute Gasteiger partial charge is 0.497 e. The van der Waals surface area contributed by atoms with E-state index in [2.05, 4.69) is 5.32 Å². The summed E-state index contributed by atoms with van der Waals surface area (Å²) in [7, 11) is 3.00. The zero-order valence-electron chi connectivity index (χ0n) is 14.6. The fourth-order valence-electron chi connectivity index (χ4n) is 3.21. The quantitative estimate of drug-likeness (QED) is 0.815. The molecule has 0 saturated heterocycles. The van der Waals surface area contributed by atoms with Gasteiger partial charge >= 0.3 is 5.97 Å². The smallest absolute Gasteiger partial charge is 0.329 e. The molecule has 7 nitrogen and oxygen atoms in total. The van der Waals surface area contributed by atoms with Crippen LogP contribution in [-0.2, 0) is 9.59 Å². The number of carboxylic acid groups (broad SMARTS) is 1. The van der Waals surface area contributed by atoms with Gasteiger partial charge in [-0.2, -0.15) is 0 Å². The molecule has 25 heavy (non-hydrogen) atoms. The second kappa shape index (κ2) is 8.00. The standard InChI is InChI=1S/C18H24N2O5/c1-20(18(17(23)24)9-4-3-5-10-18)15(21)12-19-16(22)13-7-6-8-14(11-13)25-2/h6-8,11H,3-5,9-10,12H2,1-2H3,(H,19,22)(H,23,24). The van der Waals surface area contributed by atoms with Gasteiger partial charge < -0.3 is 20.1 Å². The Balaban J connectivity index is 2.00. The van der Waals surface area contributed by atoms with Gasteiger partial charge in [0.05, 0.1) is 13.7 Å². The third kappa shape index (κ3) is 4.10. The maximum absolute atomic E-state index is 12.4. The van der Waals surface area contributed by atoms with Crippen molar-refractivity contribution in [2.24, 2.45) is 0 Å². The molecule has 7 heteroatoms. The van der Waals surface area contributed by atoms with Crippen LogP contribution >= 0.6 is 0 Å². The van der Waals surface area contributed by atoms with Crippen LogP contribution in [0.2, 0.25) is 0 Å². The van der Waals surface area contributed by atoms with Crippen molar-refractivity contribution in [3.05, 3.63) is 29.8 Å². The van der Waals surface area contributed by atoms with Crippen molar-refractivity contribution in [2.75, 3.05) is 20.7 Å². The molecule has 2 N–H and O–H groups in total. The van der Waals surface area contributed by atoms with Crippen molar-refractivity contribution in [1.82, 2.24) is 10.2 Å². The molecule has 1 aliphatic carbocycles. The topological polar surface area (TPSA) is 95.9 Å². The number of hydrogen-bond acceptors (Lipinski definition) is 4. The van der Waals surface area contributed by atoms with E-state index in [-0.39, 0.29) is 6.54 Å². The van der Waals surface area contributed by atoms with E-state index in [1.807, 2.05) is 0 Å². The minimum Gasteiger partial charge on any atom is -0.497 e. The van der Waals surface area contributed by atoms with Crippen molar-refractivity contribution in [2.45, 2.75) is 37.6 Å². The molecule has 2 amide bonds. The summed E-state index contributed by atoms with van der Waals surface area (Å²) in [6.45, 7) is -0.248. The summed E-state index contributed by atoms with van der Waals surface area (Å²) in [6, 6.07) is 6.59. The number of carboxylic acids is 1. The Hall–Kier alpha value is -2.57. The lowest BCUT2D eigenvalue weighted by Crippen LogP contribution is -2.58. The van der Waals surface area contributed by atoms with Crippen molar-refractivity contribution in [3.63, 3.8) is 0 Å². The number of aliphatic carboxylic acids is 1. The summed E-state index contributed by atoms with van der Waals surface area (Å²) < 4.78 is 5.07. The van der Waals surface area contributed by atoms with E-state index in [4.69, 9.17) is 4.74 Å². The number of carbonyl (C=O) groups is 3. The number of ether oxygens (including phenoxy) is 1. The minimum absolute atomic E-state index is 0.248. The molecule has 0 spiro atoms. The van der Waals surface area contributed by atoms with E-state index in [9.17, 15) is 19.5 Å². The zero-order chi connectivity index (χ0) is 18.4. The molecule has 1 aliphatic rings. The molecule has 0 atom stereocenters. The molecule has 0 aromatic heterocycles. The third-order valence-electron chi connectivity index (χ3n) is 4.83. The van der Waals surface area contributed by atoms with Crippen LogP contribution in [0.15, 0.2) is 24.3 Å². The monoisotopic (exact) mass is 348 g/mol. The number of benzene rings is 1. The van der Waals surface area contributed by atoms with Gasteiger partial charge in [0.15, 0.2) is 0 Å². The number of hydrogen-bond donors (Lipinski definition) is 2. The van der Waals surface area contributed by atoms with Gasteiger partial charge in [-0.05, 0) is 31.0 Å². The summed E-state index contributed by atoms with van der Waals surface area (Å²) in [4.78, 5) is 37.6.